The molecule has 104 valence electrons. The molecule has 0 radical (unpaired) electrons. The highest BCUT2D eigenvalue weighted by Gasteiger charge is 2.20. The first-order chi connectivity index (χ1) is 9.76. The summed E-state index contributed by atoms with van der Waals surface area (Å²) in [5.41, 5.74) is 4.66. The van der Waals surface area contributed by atoms with Crippen molar-refractivity contribution in [2.24, 2.45) is 0 Å². The number of pyridine rings is 1. The third-order valence-corrected chi connectivity index (χ3v) is 3.63. The van der Waals surface area contributed by atoms with Gasteiger partial charge in [-0.1, -0.05) is 11.6 Å². The molecule has 0 spiro atoms. The summed E-state index contributed by atoms with van der Waals surface area (Å²) in [6.45, 7) is 2.98. The molecule has 3 nitrogen and oxygen atoms in total. The normalized spacial score (nSPS) is 14.3. The molecule has 2 aromatic rings. The van der Waals surface area contributed by atoms with E-state index in [4.69, 9.17) is 4.74 Å². The summed E-state index contributed by atoms with van der Waals surface area (Å²) in [7, 11) is 1.71. The van der Waals surface area contributed by atoms with E-state index in [2.05, 4.69) is 35.4 Å². The Bertz CT molecular complexity index is 606. The van der Waals surface area contributed by atoms with Gasteiger partial charge in [0.1, 0.15) is 5.75 Å². The van der Waals surface area contributed by atoms with Crippen molar-refractivity contribution in [2.75, 3.05) is 7.11 Å². The van der Waals surface area contributed by atoms with Crippen LogP contribution in [0.4, 0.5) is 0 Å². The number of hydrogen-bond donors (Lipinski definition) is 1. The van der Waals surface area contributed by atoms with Crippen LogP contribution in [-0.2, 0) is 6.54 Å². The molecule has 0 bridgehead atoms. The Morgan fingerprint density at radius 3 is 2.85 bits per heavy atom. The van der Waals surface area contributed by atoms with Crippen LogP contribution in [0.3, 0.4) is 0 Å². The lowest BCUT2D eigenvalue weighted by molar-refractivity contribution is 0.416. The van der Waals surface area contributed by atoms with Gasteiger partial charge in [0.2, 0.25) is 0 Å². The quantitative estimate of drug-likeness (QED) is 0.903. The average Bonchev–Trinajstić information content (AvgIpc) is 3.30. The summed E-state index contributed by atoms with van der Waals surface area (Å²) in [5, 5.41) is 3.52. The van der Waals surface area contributed by atoms with E-state index in [0.717, 1.165) is 23.4 Å². The first-order valence-corrected chi connectivity index (χ1v) is 7.08. The molecule has 1 saturated carbocycles. The van der Waals surface area contributed by atoms with Crippen molar-refractivity contribution in [2.45, 2.75) is 32.4 Å². The Morgan fingerprint density at radius 1 is 1.25 bits per heavy atom. The molecular formula is C17H20N2O. The zero-order valence-corrected chi connectivity index (χ0v) is 12.0. The monoisotopic (exact) mass is 268 g/mol. The SMILES string of the molecule is COc1ccc(C)cc1-c1cncc(CNC2CC2)c1. The van der Waals surface area contributed by atoms with E-state index in [1.54, 1.807) is 7.11 Å². The summed E-state index contributed by atoms with van der Waals surface area (Å²) in [5.74, 6) is 0.893. The van der Waals surface area contributed by atoms with E-state index >= 15 is 0 Å². The molecule has 0 atom stereocenters. The molecule has 0 unspecified atom stereocenters. The number of hydrogen-bond acceptors (Lipinski definition) is 3. The smallest absolute Gasteiger partial charge is 0.126 e. The number of aryl methyl sites for hydroxylation is 1. The van der Waals surface area contributed by atoms with Gasteiger partial charge >= 0.3 is 0 Å². The number of aromatic nitrogens is 1. The molecule has 1 fully saturated rings. The van der Waals surface area contributed by atoms with E-state index in [0.29, 0.717) is 6.04 Å². The van der Waals surface area contributed by atoms with Crippen LogP contribution in [0.2, 0.25) is 0 Å². The topological polar surface area (TPSA) is 34.1 Å². The van der Waals surface area contributed by atoms with Gasteiger partial charge in [0.25, 0.3) is 0 Å². The highest BCUT2D eigenvalue weighted by molar-refractivity contribution is 5.71. The third kappa shape index (κ3) is 2.99. The second kappa shape index (κ2) is 5.63. The summed E-state index contributed by atoms with van der Waals surface area (Å²) >= 11 is 0. The maximum absolute atomic E-state index is 5.46. The Balaban J connectivity index is 1.88. The molecule has 3 heteroatoms. The van der Waals surface area contributed by atoms with Crippen molar-refractivity contribution in [1.29, 1.82) is 0 Å². The number of ether oxygens (including phenoxy) is 1. The van der Waals surface area contributed by atoms with Crippen molar-refractivity contribution in [3.05, 3.63) is 47.8 Å². The van der Waals surface area contributed by atoms with E-state index < -0.39 is 0 Å². The second-order valence-electron chi connectivity index (χ2n) is 5.44. The highest BCUT2D eigenvalue weighted by Crippen LogP contribution is 2.31. The molecule has 1 aliphatic rings. The van der Waals surface area contributed by atoms with Gasteiger partial charge in [-0.3, -0.25) is 4.98 Å². The van der Waals surface area contributed by atoms with Crippen LogP contribution in [-0.4, -0.2) is 18.1 Å². The molecule has 1 aromatic heterocycles. The zero-order valence-electron chi connectivity index (χ0n) is 12.0. The van der Waals surface area contributed by atoms with Crippen molar-refractivity contribution in [1.82, 2.24) is 10.3 Å². The van der Waals surface area contributed by atoms with E-state index in [-0.39, 0.29) is 0 Å². The second-order valence-corrected chi connectivity index (χ2v) is 5.44. The predicted molar refractivity (Wildman–Crippen MR) is 80.8 cm³/mol. The van der Waals surface area contributed by atoms with E-state index in [1.165, 1.54) is 24.0 Å². The summed E-state index contributed by atoms with van der Waals surface area (Å²) in [4.78, 5) is 4.37. The Labute approximate surface area is 120 Å². The predicted octanol–water partition coefficient (Wildman–Crippen LogP) is 3.32. The van der Waals surface area contributed by atoms with E-state index in [1.807, 2.05) is 18.5 Å². The minimum Gasteiger partial charge on any atom is -0.496 e. The van der Waals surface area contributed by atoms with Gasteiger partial charge in [0, 0.05) is 36.1 Å². The fourth-order valence-electron chi connectivity index (χ4n) is 2.33. The van der Waals surface area contributed by atoms with Gasteiger partial charge in [0.05, 0.1) is 7.11 Å². The standard InChI is InChI=1S/C17H20N2O/c1-12-3-6-17(20-2)16(7-12)14-8-13(9-18-11-14)10-19-15-4-5-15/h3,6-9,11,15,19H,4-5,10H2,1-2H3. The lowest BCUT2D eigenvalue weighted by Crippen LogP contribution is -2.15. The largest absolute Gasteiger partial charge is 0.496 e. The van der Waals surface area contributed by atoms with Gasteiger partial charge in [-0.05, 0) is 43.5 Å². The molecule has 1 aromatic carbocycles. The lowest BCUT2D eigenvalue weighted by atomic mass is 10.0. The minimum absolute atomic E-state index is 0.715. The van der Waals surface area contributed by atoms with Gasteiger partial charge < -0.3 is 10.1 Å². The van der Waals surface area contributed by atoms with Crippen LogP contribution in [0.5, 0.6) is 5.75 Å². The number of benzene rings is 1. The van der Waals surface area contributed by atoms with Gasteiger partial charge in [-0.15, -0.1) is 0 Å². The molecule has 0 amide bonds. The van der Waals surface area contributed by atoms with Crippen molar-refractivity contribution < 1.29 is 4.74 Å². The highest BCUT2D eigenvalue weighted by atomic mass is 16.5. The Morgan fingerprint density at radius 2 is 2.10 bits per heavy atom. The maximum atomic E-state index is 5.46. The van der Waals surface area contributed by atoms with Crippen molar-refractivity contribution in [3.8, 4) is 16.9 Å². The van der Waals surface area contributed by atoms with Gasteiger partial charge in [-0.2, -0.15) is 0 Å². The molecule has 1 heterocycles. The molecular weight excluding hydrogens is 248 g/mol. The molecule has 0 aliphatic heterocycles. The fourth-order valence-corrected chi connectivity index (χ4v) is 2.33. The first-order valence-electron chi connectivity index (χ1n) is 7.08. The molecule has 0 saturated heterocycles. The summed E-state index contributed by atoms with van der Waals surface area (Å²) in [6.07, 6.45) is 6.44. The van der Waals surface area contributed by atoms with Crippen molar-refractivity contribution in [3.63, 3.8) is 0 Å². The van der Waals surface area contributed by atoms with Crippen LogP contribution in [0, 0.1) is 6.92 Å². The van der Waals surface area contributed by atoms with Crippen LogP contribution < -0.4 is 10.1 Å². The lowest BCUT2D eigenvalue weighted by Gasteiger charge is -2.11. The fraction of sp³-hybridized carbons (Fsp3) is 0.353. The van der Waals surface area contributed by atoms with Crippen LogP contribution in [0.1, 0.15) is 24.0 Å². The minimum atomic E-state index is 0.715. The first kappa shape index (κ1) is 13.1. The number of methoxy groups -OCH3 is 1. The summed E-state index contributed by atoms with van der Waals surface area (Å²) in [6, 6.07) is 9.13. The number of nitrogens with one attached hydrogen (secondary N) is 1. The average molecular weight is 268 g/mol. The van der Waals surface area contributed by atoms with E-state index in [9.17, 15) is 0 Å². The number of nitrogens with zero attached hydrogens (tertiary/aromatic N) is 1. The molecule has 20 heavy (non-hydrogen) atoms. The van der Waals surface area contributed by atoms with Gasteiger partial charge in [-0.25, -0.2) is 0 Å². The zero-order chi connectivity index (χ0) is 13.9. The summed E-state index contributed by atoms with van der Waals surface area (Å²) < 4.78 is 5.46. The maximum Gasteiger partial charge on any atom is 0.126 e. The molecule has 1 aliphatic carbocycles. The number of rotatable bonds is 5. The Kier molecular flexibility index (Phi) is 3.70. The molecule has 3 rings (SSSR count). The van der Waals surface area contributed by atoms with Crippen LogP contribution in [0.25, 0.3) is 11.1 Å². The van der Waals surface area contributed by atoms with Gasteiger partial charge in [0.15, 0.2) is 0 Å². The van der Waals surface area contributed by atoms with Crippen molar-refractivity contribution >= 4 is 0 Å². The van der Waals surface area contributed by atoms with Crippen LogP contribution >= 0.6 is 0 Å². The molecule has 1 N–H and O–H groups in total. The van der Waals surface area contributed by atoms with Crippen LogP contribution in [0.15, 0.2) is 36.7 Å². The Hall–Kier alpha value is -1.87. The third-order valence-electron chi connectivity index (χ3n) is 3.63.